The van der Waals surface area contributed by atoms with Crippen LogP contribution < -0.4 is 15.5 Å². The van der Waals surface area contributed by atoms with Crippen molar-refractivity contribution in [1.29, 1.82) is 0 Å². The molecule has 1 aliphatic carbocycles. The van der Waals surface area contributed by atoms with Crippen molar-refractivity contribution < 1.29 is 14.3 Å². The highest BCUT2D eigenvalue weighted by molar-refractivity contribution is 6.05. The van der Waals surface area contributed by atoms with Gasteiger partial charge in [-0.05, 0) is 79.6 Å². The summed E-state index contributed by atoms with van der Waals surface area (Å²) in [6.07, 6.45) is 3.72. The molecule has 0 radical (unpaired) electrons. The Morgan fingerprint density at radius 1 is 0.833 bits per heavy atom. The Bertz CT molecular complexity index is 1400. The summed E-state index contributed by atoms with van der Waals surface area (Å²) in [6, 6.07) is 21.1. The van der Waals surface area contributed by atoms with Gasteiger partial charge in [-0.3, -0.25) is 14.2 Å². The third-order valence-corrected chi connectivity index (χ3v) is 6.67. The first-order valence-electron chi connectivity index (χ1n) is 12.3. The lowest BCUT2D eigenvalue weighted by molar-refractivity contribution is -0.117. The molecule has 8 nitrogen and oxygen atoms in total. The summed E-state index contributed by atoms with van der Waals surface area (Å²) in [5.41, 5.74) is 5.83. The average molecular weight is 482 g/mol. The summed E-state index contributed by atoms with van der Waals surface area (Å²) in [6.45, 7) is 3.17. The number of anilines is 3. The lowest BCUT2D eigenvalue weighted by Gasteiger charge is -2.28. The predicted octanol–water partition coefficient (Wildman–Crippen LogP) is 4.46. The van der Waals surface area contributed by atoms with Crippen LogP contribution in [-0.2, 0) is 9.53 Å². The molecule has 0 bridgehead atoms. The summed E-state index contributed by atoms with van der Waals surface area (Å²) in [7, 11) is 0. The summed E-state index contributed by atoms with van der Waals surface area (Å²) in [5.74, 6) is 0.107. The van der Waals surface area contributed by atoms with Crippen molar-refractivity contribution in [3.63, 3.8) is 0 Å². The molecule has 2 fully saturated rings. The molecule has 6 rings (SSSR count). The first-order chi connectivity index (χ1) is 17.6. The van der Waals surface area contributed by atoms with E-state index >= 15 is 0 Å². The minimum atomic E-state index is -0.161. The van der Waals surface area contributed by atoms with Crippen LogP contribution in [0.15, 0.2) is 73.1 Å². The van der Waals surface area contributed by atoms with Gasteiger partial charge in [0.2, 0.25) is 5.91 Å². The fraction of sp³-hybridized carbons (Fsp3) is 0.250. The van der Waals surface area contributed by atoms with E-state index in [0.29, 0.717) is 11.3 Å². The second kappa shape index (κ2) is 9.47. The Hall–Kier alpha value is -4.17. The Kier molecular flexibility index (Phi) is 5.87. The fourth-order valence-electron chi connectivity index (χ4n) is 4.44. The Morgan fingerprint density at radius 2 is 1.53 bits per heavy atom. The van der Waals surface area contributed by atoms with Gasteiger partial charge in [0.1, 0.15) is 6.33 Å². The maximum Gasteiger partial charge on any atom is 0.255 e. The van der Waals surface area contributed by atoms with Gasteiger partial charge in [-0.15, -0.1) is 0 Å². The molecule has 0 atom stereocenters. The number of hydrogen-bond acceptors (Lipinski definition) is 5. The maximum absolute atomic E-state index is 12.8. The molecule has 0 spiro atoms. The minimum Gasteiger partial charge on any atom is -0.378 e. The van der Waals surface area contributed by atoms with Crippen LogP contribution in [0.3, 0.4) is 0 Å². The molecule has 36 heavy (non-hydrogen) atoms. The van der Waals surface area contributed by atoms with Crippen molar-refractivity contribution in [2.24, 2.45) is 5.92 Å². The summed E-state index contributed by atoms with van der Waals surface area (Å²) < 4.78 is 7.39. The van der Waals surface area contributed by atoms with E-state index in [0.717, 1.165) is 67.2 Å². The van der Waals surface area contributed by atoms with Crippen LogP contribution in [0.5, 0.6) is 0 Å². The van der Waals surface area contributed by atoms with Crippen molar-refractivity contribution in [3.8, 4) is 5.69 Å². The highest BCUT2D eigenvalue weighted by Crippen LogP contribution is 2.30. The van der Waals surface area contributed by atoms with E-state index in [9.17, 15) is 9.59 Å². The molecule has 1 aliphatic heterocycles. The van der Waals surface area contributed by atoms with Crippen LogP contribution in [-0.4, -0.2) is 47.7 Å². The Balaban J connectivity index is 1.14. The van der Waals surface area contributed by atoms with Gasteiger partial charge in [0.05, 0.1) is 24.2 Å². The number of carbonyl (C=O) groups excluding carboxylic acids is 2. The molecule has 4 aromatic rings. The minimum absolute atomic E-state index is 0.0958. The highest BCUT2D eigenvalue weighted by atomic mass is 16.5. The number of amides is 2. The lowest BCUT2D eigenvalue weighted by atomic mass is 10.1. The summed E-state index contributed by atoms with van der Waals surface area (Å²) in [5, 5.41) is 5.94. The third kappa shape index (κ3) is 4.67. The van der Waals surface area contributed by atoms with Crippen LogP contribution in [0.25, 0.3) is 16.7 Å². The van der Waals surface area contributed by atoms with Crippen molar-refractivity contribution in [3.05, 3.63) is 78.6 Å². The number of morpholine rings is 1. The molecule has 182 valence electrons. The Labute approximate surface area is 208 Å². The molecule has 2 amide bonds. The number of hydrogen-bond donors (Lipinski definition) is 2. The van der Waals surface area contributed by atoms with E-state index in [1.54, 1.807) is 6.33 Å². The molecule has 2 aliphatic rings. The number of rotatable bonds is 6. The van der Waals surface area contributed by atoms with Gasteiger partial charge in [0, 0.05) is 47.3 Å². The van der Waals surface area contributed by atoms with Gasteiger partial charge >= 0.3 is 0 Å². The molecule has 3 aromatic carbocycles. The van der Waals surface area contributed by atoms with E-state index < -0.39 is 0 Å². The Morgan fingerprint density at radius 3 is 2.25 bits per heavy atom. The van der Waals surface area contributed by atoms with Gasteiger partial charge in [-0.2, -0.15) is 0 Å². The molecule has 1 saturated carbocycles. The fourth-order valence-corrected chi connectivity index (χ4v) is 4.44. The standard InChI is InChI=1S/C28H27N5O3/c34-27(19-1-2-19)30-21-5-10-24(11-6-21)33-18-29-25-17-22(7-12-26(25)33)31-28(35)20-3-8-23(9-4-20)32-13-15-36-16-14-32/h3-12,17-19H,1-2,13-16H2,(H,30,34)(H,31,35). The van der Waals surface area contributed by atoms with Crippen molar-refractivity contribution in [1.82, 2.24) is 9.55 Å². The van der Waals surface area contributed by atoms with Gasteiger partial charge in [-0.1, -0.05) is 0 Å². The lowest BCUT2D eigenvalue weighted by Crippen LogP contribution is -2.36. The van der Waals surface area contributed by atoms with Gasteiger partial charge < -0.3 is 20.3 Å². The first kappa shape index (κ1) is 22.3. The zero-order valence-electron chi connectivity index (χ0n) is 19.8. The van der Waals surface area contributed by atoms with E-state index in [2.05, 4.69) is 20.5 Å². The van der Waals surface area contributed by atoms with Crippen LogP contribution in [0.2, 0.25) is 0 Å². The molecular weight excluding hydrogens is 454 g/mol. The molecule has 1 aromatic heterocycles. The molecule has 1 saturated heterocycles. The second-order valence-electron chi connectivity index (χ2n) is 9.23. The monoisotopic (exact) mass is 481 g/mol. The number of nitrogens with one attached hydrogen (secondary N) is 2. The number of nitrogens with zero attached hydrogens (tertiary/aromatic N) is 3. The molecule has 8 heteroatoms. The van der Waals surface area contributed by atoms with Crippen molar-refractivity contribution >= 4 is 39.9 Å². The number of carbonyl (C=O) groups is 2. The highest BCUT2D eigenvalue weighted by Gasteiger charge is 2.29. The summed E-state index contributed by atoms with van der Waals surface area (Å²) >= 11 is 0. The van der Waals surface area contributed by atoms with Crippen molar-refractivity contribution in [2.45, 2.75) is 12.8 Å². The quantitative estimate of drug-likeness (QED) is 0.424. The van der Waals surface area contributed by atoms with Gasteiger partial charge in [0.15, 0.2) is 0 Å². The zero-order chi connectivity index (χ0) is 24.5. The largest absolute Gasteiger partial charge is 0.378 e. The number of aromatic nitrogens is 2. The van der Waals surface area contributed by atoms with Gasteiger partial charge in [-0.25, -0.2) is 4.98 Å². The average Bonchev–Trinajstić information content (AvgIpc) is 3.70. The van der Waals surface area contributed by atoms with Crippen LogP contribution in [0.1, 0.15) is 23.2 Å². The van der Waals surface area contributed by atoms with Gasteiger partial charge in [0.25, 0.3) is 5.91 Å². The molecule has 2 N–H and O–H groups in total. The van der Waals surface area contributed by atoms with Crippen LogP contribution in [0, 0.1) is 5.92 Å². The van der Waals surface area contributed by atoms with Crippen LogP contribution in [0.4, 0.5) is 17.1 Å². The van der Waals surface area contributed by atoms with E-state index in [4.69, 9.17) is 4.74 Å². The number of imidazole rings is 1. The predicted molar refractivity (Wildman–Crippen MR) is 140 cm³/mol. The van der Waals surface area contributed by atoms with Crippen molar-refractivity contribution in [2.75, 3.05) is 41.8 Å². The molecule has 2 heterocycles. The molecule has 0 unspecified atom stereocenters. The third-order valence-electron chi connectivity index (χ3n) is 6.67. The topological polar surface area (TPSA) is 88.5 Å². The van der Waals surface area contributed by atoms with E-state index in [-0.39, 0.29) is 17.7 Å². The second-order valence-corrected chi connectivity index (χ2v) is 9.23. The van der Waals surface area contributed by atoms with Crippen LogP contribution >= 0.6 is 0 Å². The molecular formula is C28H27N5O3. The normalized spacial score (nSPS) is 15.6. The number of fused-ring (bicyclic) bond motifs is 1. The number of ether oxygens (including phenoxy) is 1. The number of benzene rings is 3. The maximum atomic E-state index is 12.8. The SMILES string of the molecule is O=C(Nc1ccc2c(c1)ncn2-c1ccc(NC(=O)C2CC2)cc1)c1ccc(N2CCOCC2)cc1. The van der Waals surface area contributed by atoms with E-state index in [1.807, 2.05) is 71.3 Å². The van der Waals surface area contributed by atoms with E-state index in [1.165, 1.54) is 0 Å². The summed E-state index contributed by atoms with van der Waals surface area (Å²) in [4.78, 5) is 31.6. The smallest absolute Gasteiger partial charge is 0.255 e. The zero-order valence-corrected chi connectivity index (χ0v) is 19.8. The first-order valence-corrected chi connectivity index (χ1v) is 12.3.